The SMILES string of the molecule is O=C(O)c1sc2cccc(F)c2c1CN1CCOCC1=O. The summed E-state index contributed by atoms with van der Waals surface area (Å²) in [7, 11) is 0. The fourth-order valence-electron chi connectivity index (χ4n) is 2.40. The minimum absolute atomic E-state index is 0.0209. The summed E-state index contributed by atoms with van der Waals surface area (Å²) in [6.07, 6.45) is 0. The summed E-state index contributed by atoms with van der Waals surface area (Å²) in [5.41, 5.74) is 0.357. The molecule has 21 heavy (non-hydrogen) atoms. The zero-order chi connectivity index (χ0) is 15.0. The highest BCUT2D eigenvalue weighted by molar-refractivity contribution is 7.21. The largest absolute Gasteiger partial charge is 0.477 e. The monoisotopic (exact) mass is 309 g/mol. The number of hydrogen-bond donors (Lipinski definition) is 1. The highest BCUT2D eigenvalue weighted by Crippen LogP contribution is 2.34. The highest BCUT2D eigenvalue weighted by Gasteiger charge is 2.25. The van der Waals surface area contributed by atoms with Crippen LogP contribution in [0.3, 0.4) is 0 Å². The molecule has 3 rings (SSSR count). The van der Waals surface area contributed by atoms with Crippen LogP contribution in [0, 0.1) is 5.82 Å². The Morgan fingerprint density at radius 2 is 2.29 bits per heavy atom. The quantitative estimate of drug-likeness (QED) is 0.943. The van der Waals surface area contributed by atoms with Gasteiger partial charge in [-0.25, -0.2) is 9.18 Å². The fraction of sp³-hybridized carbons (Fsp3) is 0.286. The van der Waals surface area contributed by atoms with Crippen molar-refractivity contribution < 1.29 is 23.8 Å². The zero-order valence-electron chi connectivity index (χ0n) is 11.0. The molecule has 0 unspecified atom stereocenters. The van der Waals surface area contributed by atoms with Gasteiger partial charge in [0.05, 0.1) is 6.61 Å². The number of thiophene rings is 1. The number of morpholine rings is 1. The number of carboxylic acid groups (broad SMARTS) is 1. The van der Waals surface area contributed by atoms with E-state index in [0.717, 1.165) is 11.3 Å². The molecule has 1 N–H and O–H groups in total. The van der Waals surface area contributed by atoms with Crippen molar-refractivity contribution in [1.29, 1.82) is 0 Å². The van der Waals surface area contributed by atoms with E-state index in [0.29, 0.717) is 28.8 Å². The van der Waals surface area contributed by atoms with Crippen LogP contribution in [0.2, 0.25) is 0 Å². The molecule has 5 nitrogen and oxygen atoms in total. The van der Waals surface area contributed by atoms with E-state index in [9.17, 15) is 19.1 Å². The molecule has 0 bridgehead atoms. The molecule has 2 heterocycles. The lowest BCUT2D eigenvalue weighted by molar-refractivity contribution is -0.143. The van der Waals surface area contributed by atoms with Gasteiger partial charge in [-0.15, -0.1) is 11.3 Å². The van der Waals surface area contributed by atoms with Crippen molar-refractivity contribution in [3.63, 3.8) is 0 Å². The van der Waals surface area contributed by atoms with E-state index in [-0.39, 0.29) is 23.9 Å². The molecule has 1 amide bonds. The predicted molar refractivity (Wildman–Crippen MR) is 75.0 cm³/mol. The van der Waals surface area contributed by atoms with Gasteiger partial charge in [0.2, 0.25) is 5.91 Å². The van der Waals surface area contributed by atoms with E-state index in [1.807, 2.05) is 0 Å². The predicted octanol–water partition coefficient (Wildman–Crippen LogP) is 2.10. The van der Waals surface area contributed by atoms with E-state index in [1.54, 1.807) is 12.1 Å². The van der Waals surface area contributed by atoms with E-state index in [1.165, 1.54) is 11.0 Å². The Morgan fingerprint density at radius 3 is 3.00 bits per heavy atom. The summed E-state index contributed by atoms with van der Waals surface area (Å²) in [6.45, 7) is 0.847. The second-order valence-corrected chi connectivity index (χ2v) is 5.75. The topological polar surface area (TPSA) is 66.8 Å². The number of halogens is 1. The third kappa shape index (κ3) is 2.50. The number of carbonyl (C=O) groups excluding carboxylic acids is 1. The van der Waals surface area contributed by atoms with Crippen molar-refractivity contribution in [3.05, 3.63) is 34.5 Å². The van der Waals surface area contributed by atoms with Crippen LogP contribution in [-0.2, 0) is 16.1 Å². The number of aromatic carboxylic acids is 1. The lowest BCUT2D eigenvalue weighted by atomic mass is 10.1. The van der Waals surface area contributed by atoms with Crippen LogP contribution in [0.1, 0.15) is 15.2 Å². The third-order valence-electron chi connectivity index (χ3n) is 3.39. The minimum atomic E-state index is -1.11. The third-order valence-corrected chi connectivity index (χ3v) is 4.58. The molecular formula is C14H12FNO4S. The smallest absolute Gasteiger partial charge is 0.346 e. The molecule has 2 aromatic rings. The van der Waals surface area contributed by atoms with Crippen molar-refractivity contribution in [2.45, 2.75) is 6.54 Å². The average Bonchev–Trinajstić information content (AvgIpc) is 2.82. The Labute approximate surface area is 123 Å². The van der Waals surface area contributed by atoms with Gasteiger partial charge in [0.25, 0.3) is 0 Å². The maximum atomic E-state index is 14.1. The number of rotatable bonds is 3. The van der Waals surface area contributed by atoms with Gasteiger partial charge in [0.1, 0.15) is 17.3 Å². The van der Waals surface area contributed by atoms with Crippen LogP contribution in [0.5, 0.6) is 0 Å². The summed E-state index contributed by atoms with van der Waals surface area (Å²) in [4.78, 5) is 24.8. The number of benzene rings is 1. The normalized spacial score (nSPS) is 15.7. The molecule has 110 valence electrons. The summed E-state index contributed by atoms with van der Waals surface area (Å²) in [5, 5.41) is 9.60. The Bertz CT molecular complexity index is 727. The molecule has 1 saturated heterocycles. The first-order chi connectivity index (χ1) is 10.1. The average molecular weight is 309 g/mol. The maximum Gasteiger partial charge on any atom is 0.346 e. The standard InChI is InChI=1S/C14H12FNO4S/c15-9-2-1-3-10-12(9)8(13(21-10)14(18)19)6-16-4-5-20-7-11(16)17/h1-3H,4-7H2,(H,18,19). The second kappa shape index (κ2) is 5.42. The van der Waals surface area contributed by atoms with Crippen molar-refractivity contribution in [2.75, 3.05) is 19.8 Å². The highest BCUT2D eigenvalue weighted by atomic mass is 32.1. The van der Waals surface area contributed by atoms with Gasteiger partial charge in [-0.3, -0.25) is 4.79 Å². The molecular weight excluding hydrogens is 297 g/mol. The maximum absolute atomic E-state index is 14.1. The van der Waals surface area contributed by atoms with Crippen LogP contribution in [0.25, 0.3) is 10.1 Å². The Morgan fingerprint density at radius 1 is 1.48 bits per heavy atom. The summed E-state index contributed by atoms with van der Waals surface area (Å²) in [5.74, 6) is -1.79. The van der Waals surface area contributed by atoms with Gasteiger partial charge in [-0.2, -0.15) is 0 Å². The molecule has 1 aromatic heterocycles. The molecule has 0 atom stereocenters. The summed E-state index contributed by atoms with van der Waals surface area (Å²) in [6, 6.07) is 4.52. The van der Waals surface area contributed by atoms with Crippen molar-refractivity contribution in [1.82, 2.24) is 4.90 Å². The number of carbonyl (C=O) groups is 2. The molecule has 1 fully saturated rings. The van der Waals surface area contributed by atoms with E-state index in [2.05, 4.69) is 0 Å². The van der Waals surface area contributed by atoms with Crippen LogP contribution >= 0.6 is 11.3 Å². The molecule has 1 aliphatic rings. The number of ether oxygens (including phenoxy) is 1. The van der Waals surface area contributed by atoms with Crippen LogP contribution in [-0.4, -0.2) is 41.6 Å². The van der Waals surface area contributed by atoms with E-state index < -0.39 is 11.8 Å². The van der Waals surface area contributed by atoms with Crippen molar-refractivity contribution >= 4 is 33.3 Å². The van der Waals surface area contributed by atoms with Crippen molar-refractivity contribution in [3.8, 4) is 0 Å². The second-order valence-electron chi connectivity index (χ2n) is 4.70. The van der Waals surface area contributed by atoms with Gasteiger partial charge in [-0.05, 0) is 12.1 Å². The molecule has 0 aliphatic carbocycles. The number of carboxylic acids is 1. The lowest BCUT2D eigenvalue weighted by Gasteiger charge is -2.26. The van der Waals surface area contributed by atoms with E-state index >= 15 is 0 Å². The first kappa shape index (κ1) is 14.0. The minimum Gasteiger partial charge on any atom is -0.477 e. The summed E-state index contributed by atoms with van der Waals surface area (Å²) < 4.78 is 19.7. The summed E-state index contributed by atoms with van der Waals surface area (Å²) >= 11 is 1.03. The first-order valence-electron chi connectivity index (χ1n) is 6.36. The Kier molecular flexibility index (Phi) is 3.60. The number of amides is 1. The molecule has 0 spiro atoms. The number of hydrogen-bond acceptors (Lipinski definition) is 4. The van der Waals surface area contributed by atoms with Gasteiger partial charge in [0.15, 0.2) is 0 Å². The Balaban J connectivity index is 2.08. The van der Waals surface area contributed by atoms with Gasteiger partial charge in [-0.1, -0.05) is 6.07 Å². The number of nitrogens with zero attached hydrogens (tertiary/aromatic N) is 1. The molecule has 1 aliphatic heterocycles. The van der Waals surface area contributed by atoms with Crippen LogP contribution < -0.4 is 0 Å². The molecule has 7 heteroatoms. The van der Waals surface area contributed by atoms with Gasteiger partial charge >= 0.3 is 5.97 Å². The molecule has 0 radical (unpaired) electrons. The fourth-order valence-corrected chi connectivity index (χ4v) is 3.47. The van der Waals surface area contributed by atoms with Gasteiger partial charge < -0.3 is 14.7 Å². The lowest BCUT2D eigenvalue weighted by Crippen LogP contribution is -2.41. The number of fused-ring (bicyclic) bond motifs is 1. The zero-order valence-corrected chi connectivity index (χ0v) is 11.8. The van der Waals surface area contributed by atoms with Crippen LogP contribution in [0.15, 0.2) is 18.2 Å². The van der Waals surface area contributed by atoms with Crippen LogP contribution in [0.4, 0.5) is 4.39 Å². The van der Waals surface area contributed by atoms with Crippen molar-refractivity contribution in [2.24, 2.45) is 0 Å². The van der Waals surface area contributed by atoms with E-state index in [4.69, 9.17) is 4.74 Å². The molecule has 1 aromatic carbocycles. The Hall–Kier alpha value is -1.99. The van der Waals surface area contributed by atoms with Gasteiger partial charge in [0, 0.05) is 28.7 Å². The first-order valence-corrected chi connectivity index (χ1v) is 7.18. The molecule has 0 saturated carbocycles.